The summed E-state index contributed by atoms with van der Waals surface area (Å²) in [5.74, 6) is -0.636. The van der Waals surface area contributed by atoms with Crippen LogP contribution in [0, 0.1) is 5.21 Å². The van der Waals surface area contributed by atoms with Gasteiger partial charge in [-0.3, -0.25) is 4.84 Å². The Kier molecular flexibility index (Phi) is 5.54. The van der Waals surface area contributed by atoms with Crippen LogP contribution in [-0.2, 0) is 4.84 Å². The van der Waals surface area contributed by atoms with Crippen LogP contribution in [0.3, 0.4) is 0 Å². The molecule has 2 aromatic carbocycles. The van der Waals surface area contributed by atoms with Gasteiger partial charge in [0.05, 0.1) is 5.56 Å². The van der Waals surface area contributed by atoms with E-state index in [1.165, 1.54) is 6.20 Å². The standard InChI is InChI=1S/C22H22N2O3/c1-23(2)21-12-10-18(11-13-21)8-9-19-14-16-24(26,17-15-19)27-22(25)20-6-4-3-5-7-20/h3-16H,17H2,1-2H3. The van der Waals surface area contributed by atoms with E-state index >= 15 is 0 Å². The Morgan fingerprint density at radius 2 is 1.78 bits per heavy atom. The topological polar surface area (TPSA) is 52.6 Å². The fourth-order valence-corrected chi connectivity index (χ4v) is 2.60. The molecule has 138 valence electrons. The number of hydroxylamine groups is 4. The minimum atomic E-state index is -1.15. The normalized spacial score (nSPS) is 19.0. The Bertz CT molecular complexity index is 884. The van der Waals surface area contributed by atoms with Gasteiger partial charge in [-0.1, -0.05) is 42.5 Å². The predicted molar refractivity (Wildman–Crippen MR) is 107 cm³/mol. The molecule has 27 heavy (non-hydrogen) atoms. The third kappa shape index (κ3) is 4.94. The highest BCUT2D eigenvalue weighted by molar-refractivity contribution is 5.88. The van der Waals surface area contributed by atoms with Crippen molar-refractivity contribution >= 4 is 17.7 Å². The molecule has 0 aliphatic carbocycles. The zero-order valence-electron chi connectivity index (χ0n) is 15.4. The van der Waals surface area contributed by atoms with Gasteiger partial charge in [-0.15, -0.1) is 4.81 Å². The molecule has 1 heterocycles. The average molecular weight is 362 g/mol. The highest BCUT2D eigenvalue weighted by Crippen LogP contribution is 2.20. The van der Waals surface area contributed by atoms with Crippen LogP contribution in [0.4, 0.5) is 5.69 Å². The quantitative estimate of drug-likeness (QED) is 0.588. The molecule has 0 bridgehead atoms. The van der Waals surface area contributed by atoms with E-state index in [-0.39, 0.29) is 6.54 Å². The number of hydrogen-bond donors (Lipinski definition) is 0. The molecule has 0 aromatic heterocycles. The first kappa shape index (κ1) is 18.6. The summed E-state index contributed by atoms with van der Waals surface area (Å²) < 4.78 is 0. The van der Waals surface area contributed by atoms with E-state index in [9.17, 15) is 10.0 Å². The highest BCUT2D eigenvalue weighted by atomic mass is 16.9. The lowest BCUT2D eigenvalue weighted by Gasteiger charge is -2.34. The first-order valence-corrected chi connectivity index (χ1v) is 8.68. The van der Waals surface area contributed by atoms with Gasteiger partial charge in [0, 0.05) is 25.9 Å². The number of rotatable bonds is 5. The fraction of sp³-hybridized carbons (Fsp3) is 0.136. The van der Waals surface area contributed by atoms with E-state index in [4.69, 9.17) is 4.84 Å². The summed E-state index contributed by atoms with van der Waals surface area (Å²) in [6.07, 6.45) is 8.69. The van der Waals surface area contributed by atoms with Crippen molar-refractivity contribution in [2.24, 2.45) is 0 Å². The van der Waals surface area contributed by atoms with Crippen molar-refractivity contribution in [3.05, 3.63) is 101 Å². The molecule has 0 N–H and O–H groups in total. The maximum absolute atomic E-state index is 12.6. The van der Waals surface area contributed by atoms with Crippen LogP contribution in [0.1, 0.15) is 15.9 Å². The average Bonchev–Trinajstić information content (AvgIpc) is 2.68. The Hall–Kier alpha value is -3.15. The van der Waals surface area contributed by atoms with E-state index < -0.39 is 10.8 Å². The van der Waals surface area contributed by atoms with Crippen molar-refractivity contribution in [2.45, 2.75) is 0 Å². The number of benzene rings is 2. The van der Waals surface area contributed by atoms with Crippen LogP contribution in [0.25, 0.3) is 6.08 Å². The molecule has 1 aliphatic rings. The molecule has 5 heteroatoms. The summed E-state index contributed by atoms with van der Waals surface area (Å²) in [6, 6.07) is 16.7. The van der Waals surface area contributed by atoms with E-state index in [0.717, 1.165) is 16.8 Å². The molecule has 0 fully saturated rings. The van der Waals surface area contributed by atoms with Crippen LogP contribution in [-0.4, -0.2) is 31.4 Å². The van der Waals surface area contributed by atoms with Crippen LogP contribution < -0.4 is 4.90 Å². The van der Waals surface area contributed by atoms with Crippen LogP contribution in [0.2, 0.25) is 0 Å². The van der Waals surface area contributed by atoms with Gasteiger partial charge < -0.3 is 10.1 Å². The molecule has 2 aromatic rings. The second-order valence-corrected chi connectivity index (χ2v) is 6.49. The molecule has 0 saturated carbocycles. The van der Waals surface area contributed by atoms with Gasteiger partial charge in [-0.2, -0.15) is 0 Å². The molecule has 3 rings (SSSR count). The van der Waals surface area contributed by atoms with Crippen molar-refractivity contribution < 1.29 is 14.4 Å². The molecular formula is C22H22N2O3. The predicted octanol–water partition coefficient (Wildman–Crippen LogP) is 4.31. The van der Waals surface area contributed by atoms with Crippen molar-refractivity contribution in [2.75, 3.05) is 25.5 Å². The third-order valence-electron chi connectivity index (χ3n) is 4.20. The molecule has 0 amide bonds. The first-order chi connectivity index (χ1) is 13.0. The number of nitrogens with zero attached hydrogens (tertiary/aromatic N) is 2. The Morgan fingerprint density at radius 1 is 1.07 bits per heavy atom. The molecule has 5 nitrogen and oxygen atoms in total. The number of anilines is 1. The lowest BCUT2D eigenvalue weighted by molar-refractivity contribution is -1.00. The number of hydrogen-bond acceptors (Lipinski definition) is 4. The van der Waals surface area contributed by atoms with Gasteiger partial charge in [-0.25, -0.2) is 4.79 Å². The second kappa shape index (κ2) is 8.03. The fourth-order valence-electron chi connectivity index (χ4n) is 2.60. The first-order valence-electron chi connectivity index (χ1n) is 8.68. The number of carbonyl (C=O) groups excluding carboxylic acids is 1. The summed E-state index contributed by atoms with van der Waals surface area (Å²) in [5, 5.41) is 12.6. The SMILES string of the molecule is CN(C)c1ccc(C=CC2=CC[N+]([O-])(OC(=O)c3ccccc3)C=C2)cc1. The van der Waals surface area contributed by atoms with Gasteiger partial charge >= 0.3 is 5.97 Å². The summed E-state index contributed by atoms with van der Waals surface area (Å²) >= 11 is 0. The van der Waals surface area contributed by atoms with E-state index in [0.29, 0.717) is 5.56 Å². The molecule has 1 atom stereocenters. The Balaban J connectivity index is 1.61. The van der Waals surface area contributed by atoms with Crippen molar-refractivity contribution in [3.8, 4) is 0 Å². The zero-order chi connectivity index (χ0) is 19.3. The lowest BCUT2D eigenvalue weighted by atomic mass is 10.1. The van der Waals surface area contributed by atoms with Crippen LogP contribution in [0.15, 0.2) is 84.6 Å². The Labute approximate surface area is 159 Å². The number of allylic oxidation sites excluding steroid dienone is 3. The minimum absolute atomic E-state index is 0.0360. The van der Waals surface area contributed by atoms with Gasteiger partial charge in [0.25, 0.3) is 0 Å². The molecular weight excluding hydrogens is 340 g/mol. The van der Waals surface area contributed by atoms with Crippen molar-refractivity contribution in [1.82, 2.24) is 0 Å². The van der Waals surface area contributed by atoms with E-state index in [1.807, 2.05) is 55.4 Å². The summed E-state index contributed by atoms with van der Waals surface area (Å²) in [6.45, 7) is 0.0360. The molecule has 0 radical (unpaired) electrons. The molecule has 1 unspecified atom stereocenters. The summed E-state index contributed by atoms with van der Waals surface area (Å²) in [4.78, 5) is 18.1. The molecule has 0 spiro atoms. The van der Waals surface area contributed by atoms with Crippen molar-refractivity contribution in [1.29, 1.82) is 0 Å². The van der Waals surface area contributed by atoms with Crippen LogP contribution >= 0.6 is 0 Å². The summed E-state index contributed by atoms with van der Waals surface area (Å²) in [7, 11) is 4.00. The lowest BCUT2D eigenvalue weighted by Crippen LogP contribution is -2.40. The molecule has 0 saturated heterocycles. The zero-order valence-corrected chi connectivity index (χ0v) is 15.4. The smallest absolute Gasteiger partial charge is 0.398 e. The maximum atomic E-state index is 12.6. The second-order valence-electron chi connectivity index (χ2n) is 6.49. The molecule has 1 aliphatic heterocycles. The van der Waals surface area contributed by atoms with Gasteiger partial charge in [-0.05, 0) is 41.5 Å². The number of quaternary nitrogens is 1. The van der Waals surface area contributed by atoms with Gasteiger partial charge in [0.15, 0.2) is 0 Å². The largest absolute Gasteiger partial charge is 0.584 e. The van der Waals surface area contributed by atoms with Gasteiger partial charge in [0.2, 0.25) is 0 Å². The van der Waals surface area contributed by atoms with E-state index in [2.05, 4.69) is 0 Å². The number of carbonyl (C=O) groups is 1. The minimum Gasteiger partial charge on any atom is -0.584 e. The summed E-state index contributed by atoms with van der Waals surface area (Å²) in [5.41, 5.74) is 3.46. The highest BCUT2D eigenvalue weighted by Gasteiger charge is 2.23. The monoisotopic (exact) mass is 362 g/mol. The van der Waals surface area contributed by atoms with Gasteiger partial charge in [0.1, 0.15) is 12.7 Å². The Morgan fingerprint density at radius 3 is 2.37 bits per heavy atom. The third-order valence-corrected chi connectivity index (χ3v) is 4.20. The van der Waals surface area contributed by atoms with E-state index in [1.54, 1.807) is 42.5 Å². The van der Waals surface area contributed by atoms with Crippen LogP contribution in [0.5, 0.6) is 0 Å². The maximum Gasteiger partial charge on any atom is 0.398 e. The van der Waals surface area contributed by atoms with Crippen molar-refractivity contribution in [3.63, 3.8) is 0 Å².